The summed E-state index contributed by atoms with van der Waals surface area (Å²) in [6.45, 7) is 9.97. The standard InChI is InChI=1S/C13H27N3O/c1-3-15-9-11(2)10-16-6-4-12(5-7-16)8-13(14)17/h11-12,15H,3-10H2,1-2H3,(H2,14,17). The smallest absolute Gasteiger partial charge is 0.217 e. The van der Waals surface area contributed by atoms with Crippen molar-refractivity contribution >= 4 is 5.91 Å². The molecular weight excluding hydrogens is 214 g/mol. The van der Waals surface area contributed by atoms with E-state index in [9.17, 15) is 4.79 Å². The number of likely N-dealkylation sites (tertiary alicyclic amines) is 1. The molecule has 4 heteroatoms. The van der Waals surface area contributed by atoms with Gasteiger partial charge in [0, 0.05) is 13.0 Å². The molecule has 1 aliphatic rings. The molecular formula is C13H27N3O. The first kappa shape index (κ1) is 14.5. The van der Waals surface area contributed by atoms with Crippen molar-refractivity contribution < 1.29 is 4.79 Å². The number of hydrogen-bond acceptors (Lipinski definition) is 3. The lowest BCUT2D eigenvalue weighted by Crippen LogP contribution is -2.39. The highest BCUT2D eigenvalue weighted by Gasteiger charge is 2.21. The molecule has 0 aromatic heterocycles. The van der Waals surface area contributed by atoms with E-state index in [4.69, 9.17) is 5.73 Å². The highest BCUT2D eigenvalue weighted by atomic mass is 16.1. The maximum atomic E-state index is 10.8. The van der Waals surface area contributed by atoms with Crippen molar-refractivity contribution in [1.82, 2.24) is 10.2 Å². The highest BCUT2D eigenvalue weighted by Crippen LogP contribution is 2.20. The number of amides is 1. The molecule has 3 N–H and O–H groups in total. The van der Waals surface area contributed by atoms with Crippen molar-refractivity contribution in [2.24, 2.45) is 17.6 Å². The van der Waals surface area contributed by atoms with Gasteiger partial charge in [-0.15, -0.1) is 0 Å². The number of nitrogens with zero attached hydrogens (tertiary/aromatic N) is 1. The summed E-state index contributed by atoms with van der Waals surface area (Å²) >= 11 is 0. The van der Waals surface area contributed by atoms with Crippen LogP contribution in [0, 0.1) is 11.8 Å². The van der Waals surface area contributed by atoms with Crippen molar-refractivity contribution in [3.05, 3.63) is 0 Å². The number of carbonyl (C=O) groups excluding carboxylic acids is 1. The first-order chi connectivity index (χ1) is 8.11. The number of hydrogen-bond donors (Lipinski definition) is 2. The minimum atomic E-state index is -0.149. The molecule has 4 nitrogen and oxygen atoms in total. The lowest BCUT2D eigenvalue weighted by Gasteiger charge is -2.33. The molecule has 0 bridgehead atoms. The van der Waals surface area contributed by atoms with Crippen LogP contribution >= 0.6 is 0 Å². The van der Waals surface area contributed by atoms with Gasteiger partial charge in [0.15, 0.2) is 0 Å². The highest BCUT2D eigenvalue weighted by molar-refractivity contribution is 5.73. The largest absolute Gasteiger partial charge is 0.370 e. The third kappa shape index (κ3) is 6.03. The van der Waals surface area contributed by atoms with Crippen molar-refractivity contribution in [1.29, 1.82) is 0 Å². The Morgan fingerprint density at radius 1 is 1.47 bits per heavy atom. The van der Waals surface area contributed by atoms with Crippen LogP contribution in [0.25, 0.3) is 0 Å². The van der Waals surface area contributed by atoms with E-state index in [1.54, 1.807) is 0 Å². The Labute approximate surface area is 105 Å². The van der Waals surface area contributed by atoms with E-state index in [-0.39, 0.29) is 5.91 Å². The van der Waals surface area contributed by atoms with Crippen LogP contribution in [0.3, 0.4) is 0 Å². The minimum absolute atomic E-state index is 0.149. The lowest BCUT2D eigenvalue weighted by atomic mass is 9.93. The van der Waals surface area contributed by atoms with E-state index in [1.165, 1.54) is 0 Å². The van der Waals surface area contributed by atoms with Crippen LogP contribution in [-0.2, 0) is 4.79 Å². The SMILES string of the molecule is CCNCC(C)CN1CCC(CC(N)=O)CC1. The van der Waals surface area contributed by atoms with Gasteiger partial charge in [0.25, 0.3) is 0 Å². The predicted molar refractivity (Wildman–Crippen MR) is 70.7 cm³/mol. The first-order valence-electron chi connectivity index (χ1n) is 6.83. The quantitative estimate of drug-likeness (QED) is 0.694. The van der Waals surface area contributed by atoms with Crippen LogP contribution in [0.15, 0.2) is 0 Å². The fourth-order valence-electron chi connectivity index (χ4n) is 2.55. The van der Waals surface area contributed by atoms with Gasteiger partial charge in [-0.25, -0.2) is 0 Å². The molecule has 1 saturated heterocycles. The zero-order valence-corrected chi connectivity index (χ0v) is 11.2. The molecule has 1 unspecified atom stereocenters. The van der Waals surface area contributed by atoms with Crippen LogP contribution in [0.2, 0.25) is 0 Å². The average molecular weight is 241 g/mol. The van der Waals surface area contributed by atoms with E-state index in [0.717, 1.165) is 45.6 Å². The van der Waals surface area contributed by atoms with E-state index < -0.39 is 0 Å². The van der Waals surface area contributed by atoms with Gasteiger partial charge < -0.3 is 16.0 Å². The summed E-state index contributed by atoms with van der Waals surface area (Å²) in [5.41, 5.74) is 5.23. The number of primary amides is 1. The van der Waals surface area contributed by atoms with Crippen LogP contribution in [-0.4, -0.2) is 43.5 Å². The molecule has 0 aromatic carbocycles. The van der Waals surface area contributed by atoms with E-state index in [1.807, 2.05) is 0 Å². The monoisotopic (exact) mass is 241 g/mol. The lowest BCUT2D eigenvalue weighted by molar-refractivity contribution is -0.119. The molecule has 1 aliphatic heterocycles. The second-order valence-electron chi connectivity index (χ2n) is 5.33. The third-order valence-corrected chi connectivity index (χ3v) is 3.51. The van der Waals surface area contributed by atoms with Crippen LogP contribution < -0.4 is 11.1 Å². The van der Waals surface area contributed by atoms with Gasteiger partial charge >= 0.3 is 0 Å². The summed E-state index contributed by atoms with van der Waals surface area (Å²) < 4.78 is 0. The Kier molecular flexibility index (Phi) is 6.52. The predicted octanol–water partition coefficient (Wildman–Crippen LogP) is 0.819. The molecule has 1 fully saturated rings. The molecule has 1 atom stereocenters. The molecule has 1 rings (SSSR count). The van der Waals surface area contributed by atoms with E-state index in [2.05, 4.69) is 24.1 Å². The second-order valence-corrected chi connectivity index (χ2v) is 5.33. The fourth-order valence-corrected chi connectivity index (χ4v) is 2.55. The van der Waals surface area contributed by atoms with Crippen molar-refractivity contribution in [3.8, 4) is 0 Å². The van der Waals surface area contributed by atoms with E-state index >= 15 is 0 Å². The first-order valence-corrected chi connectivity index (χ1v) is 6.83. The average Bonchev–Trinajstić information content (AvgIpc) is 2.28. The van der Waals surface area contributed by atoms with Gasteiger partial charge in [-0.3, -0.25) is 4.79 Å². The molecule has 100 valence electrons. The van der Waals surface area contributed by atoms with Gasteiger partial charge in [-0.1, -0.05) is 13.8 Å². The van der Waals surface area contributed by atoms with Crippen molar-refractivity contribution in [3.63, 3.8) is 0 Å². The summed E-state index contributed by atoms with van der Waals surface area (Å²) in [6.07, 6.45) is 2.81. The van der Waals surface area contributed by atoms with Crippen molar-refractivity contribution in [2.75, 3.05) is 32.7 Å². The molecule has 17 heavy (non-hydrogen) atoms. The van der Waals surface area contributed by atoms with Gasteiger partial charge in [-0.2, -0.15) is 0 Å². The molecule has 1 heterocycles. The Hall–Kier alpha value is -0.610. The third-order valence-electron chi connectivity index (χ3n) is 3.51. The Morgan fingerprint density at radius 2 is 2.12 bits per heavy atom. The number of nitrogens with one attached hydrogen (secondary N) is 1. The zero-order valence-electron chi connectivity index (χ0n) is 11.2. The number of carbonyl (C=O) groups is 1. The van der Waals surface area contributed by atoms with Crippen molar-refractivity contribution in [2.45, 2.75) is 33.1 Å². The molecule has 0 spiro atoms. The molecule has 0 radical (unpaired) electrons. The maximum Gasteiger partial charge on any atom is 0.217 e. The second kappa shape index (κ2) is 7.67. The van der Waals surface area contributed by atoms with Gasteiger partial charge in [0.05, 0.1) is 0 Å². The summed E-state index contributed by atoms with van der Waals surface area (Å²) in [5.74, 6) is 1.07. The molecule has 0 saturated carbocycles. The number of rotatable bonds is 7. The van der Waals surface area contributed by atoms with Gasteiger partial charge in [-0.05, 0) is 50.9 Å². The normalized spacial score (nSPS) is 20.4. The van der Waals surface area contributed by atoms with Gasteiger partial charge in [0.2, 0.25) is 5.91 Å². The topological polar surface area (TPSA) is 58.4 Å². The van der Waals surface area contributed by atoms with Crippen LogP contribution in [0.4, 0.5) is 0 Å². The fraction of sp³-hybridized carbons (Fsp3) is 0.923. The van der Waals surface area contributed by atoms with Crippen LogP contribution in [0.1, 0.15) is 33.1 Å². The summed E-state index contributed by atoms with van der Waals surface area (Å²) in [5, 5.41) is 3.38. The summed E-state index contributed by atoms with van der Waals surface area (Å²) in [4.78, 5) is 13.4. The number of nitrogens with two attached hydrogens (primary N) is 1. The van der Waals surface area contributed by atoms with Crippen LogP contribution in [0.5, 0.6) is 0 Å². The Morgan fingerprint density at radius 3 is 2.65 bits per heavy atom. The Balaban J connectivity index is 2.16. The summed E-state index contributed by atoms with van der Waals surface area (Å²) in [6, 6.07) is 0. The number of piperidine rings is 1. The molecule has 0 aromatic rings. The Bertz CT molecular complexity index is 225. The van der Waals surface area contributed by atoms with Gasteiger partial charge in [0.1, 0.15) is 0 Å². The molecule has 1 amide bonds. The van der Waals surface area contributed by atoms with E-state index in [0.29, 0.717) is 18.3 Å². The summed E-state index contributed by atoms with van der Waals surface area (Å²) in [7, 11) is 0. The maximum absolute atomic E-state index is 10.8. The zero-order chi connectivity index (χ0) is 12.7. The minimum Gasteiger partial charge on any atom is -0.370 e. The molecule has 0 aliphatic carbocycles.